The van der Waals surface area contributed by atoms with E-state index in [9.17, 15) is 4.57 Å². The highest BCUT2D eigenvalue weighted by Gasteiger charge is 2.43. The lowest BCUT2D eigenvalue weighted by molar-refractivity contribution is 0.0796. The van der Waals surface area contributed by atoms with Crippen molar-refractivity contribution in [3.8, 4) is 0 Å². The standard InChI is InChI=1S/C13H26NO3P/c1-6-7-10-16-11-18(15)14(13(3,4)5)9-8-12(2)17-18/h6-7,12H,8-11H2,1-5H3/b7-6-/t12-,18-/m0/s1. The van der Waals surface area contributed by atoms with Crippen LogP contribution in [0.5, 0.6) is 0 Å². The largest absolute Gasteiger partial charge is 0.366 e. The van der Waals surface area contributed by atoms with E-state index in [1.165, 1.54) is 0 Å². The molecule has 0 aliphatic carbocycles. The van der Waals surface area contributed by atoms with Crippen molar-refractivity contribution in [2.24, 2.45) is 0 Å². The number of rotatable bonds is 4. The van der Waals surface area contributed by atoms with Gasteiger partial charge in [0.05, 0.1) is 12.7 Å². The molecule has 0 saturated carbocycles. The summed E-state index contributed by atoms with van der Waals surface area (Å²) in [6.45, 7) is 11.4. The molecule has 4 nitrogen and oxygen atoms in total. The van der Waals surface area contributed by atoms with Gasteiger partial charge in [-0.2, -0.15) is 0 Å². The third-order valence-corrected chi connectivity index (χ3v) is 5.67. The molecule has 106 valence electrons. The Morgan fingerprint density at radius 1 is 1.50 bits per heavy atom. The summed E-state index contributed by atoms with van der Waals surface area (Å²) in [6, 6.07) is 0. The number of nitrogens with zero attached hydrogens (tertiary/aromatic N) is 1. The maximum Gasteiger partial charge on any atom is 0.298 e. The summed E-state index contributed by atoms with van der Waals surface area (Å²) in [5, 5.41) is 0. The molecule has 18 heavy (non-hydrogen) atoms. The molecule has 0 unspecified atom stereocenters. The summed E-state index contributed by atoms with van der Waals surface area (Å²) < 4.78 is 26.1. The van der Waals surface area contributed by atoms with Crippen LogP contribution < -0.4 is 0 Å². The molecule has 1 aliphatic heterocycles. The zero-order valence-corrected chi connectivity index (χ0v) is 13.1. The second-order valence-corrected chi connectivity index (χ2v) is 7.93. The van der Waals surface area contributed by atoms with E-state index < -0.39 is 7.52 Å². The Morgan fingerprint density at radius 3 is 2.72 bits per heavy atom. The third kappa shape index (κ3) is 4.20. The molecule has 0 aromatic rings. The Labute approximate surface area is 111 Å². The molecule has 0 N–H and O–H groups in total. The van der Waals surface area contributed by atoms with E-state index in [4.69, 9.17) is 9.26 Å². The second kappa shape index (κ2) is 6.33. The van der Waals surface area contributed by atoms with Crippen molar-refractivity contribution >= 4 is 7.52 Å². The van der Waals surface area contributed by atoms with Crippen LogP contribution in [0.4, 0.5) is 0 Å². The minimum absolute atomic E-state index is 0.0414. The highest BCUT2D eigenvalue weighted by molar-refractivity contribution is 7.56. The molecule has 1 saturated heterocycles. The summed E-state index contributed by atoms with van der Waals surface area (Å²) in [5.41, 5.74) is -0.167. The van der Waals surface area contributed by atoms with Gasteiger partial charge in [0, 0.05) is 12.1 Å². The summed E-state index contributed by atoms with van der Waals surface area (Å²) in [7, 11) is -2.86. The molecule has 0 aromatic carbocycles. The molecule has 0 aromatic heterocycles. The van der Waals surface area contributed by atoms with Crippen LogP contribution in [0.15, 0.2) is 12.2 Å². The van der Waals surface area contributed by atoms with Crippen molar-refractivity contribution < 1.29 is 13.8 Å². The molecule has 1 heterocycles. The van der Waals surface area contributed by atoms with E-state index in [1.54, 1.807) is 0 Å². The molecule has 0 radical (unpaired) electrons. The van der Waals surface area contributed by atoms with Crippen LogP contribution in [0.1, 0.15) is 41.0 Å². The summed E-state index contributed by atoms with van der Waals surface area (Å²) in [6.07, 6.45) is 4.94. The highest BCUT2D eigenvalue weighted by atomic mass is 31.2. The van der Waals surface area contributed by atoms with Gasteiger partial charge in [0.25, 0.3) is 7.52 Å². The van der Waals surface area contributed by atoms with E-state index in [0.29, 0.717) is 6.61 Å². The SMILES string of the molecule is C/C=C\COC[P@]1(=O)O[C@@H](C)CCN1C(C)(C)C. The number of allylic oxidation sites excluding steroid dienone is 1. The molecule has 1 rings (SSSR count). The quantitative estimate of drug-likeness (QED) is 0.446. The predicted molar refractivity (Wildman–Crippen MR) is 74.9 cm³/mol. The zero-order valence-electron chi connectivity index (χ0n) is 12.2. The predicted octanol–water partition coefficient (Wildman–Crippen LogP) is 3.64. The summed E-state index contributed by atoms with van der Waals surface area (Å²) in [4.78, 5) is 0. The average Bonchev–Trinajstić information content (AvgIpc) is 2.22. The topological polar surface area (TPSA) is 38.8 Å². The fourth-order valence-electron chi connectivity index (χ4n) is 2.07. The van der Waals surface area contributed by atoms with Crippen molar-refractivity contribution in [3.05, 3.63) is 12.2 Å². The Kier molecular flexibility index (Phi) is 5.60. The molecule has 1 fully saturated rings. The average molecular weight is 275 g/mol. The molecule has 5 heteroatoms. The first kappa shape index (κ1) is 15.9. The minimum atomic E-state index is -2.86. The van der Waals surface area contributed by atoms with E-state index >= 15 is 0 Å². The smallest absolute Gasteiger partial charge is 0.298 e. The summed E-state index contributed by atoms with van der Waals surface area (Å²) in [5.74, 6) is 0. The third-order valence-electron chi connectivity index (χ3n) is 2.94. The van der Waals surface area contributed by atoms with Crippen LogP contribution in [0.3, 0.4) is 0 Å². The van der Waals surface area contributed by atoms with Gasteiger partial charge in [0.15, 0.2) is 0 Å². The Balaban J connectivity index is 2.73. The van der Waals surface area contributed by atoms with Crippen LogP contribution in [0.25, 0.3) is 0 Å². The van der Waals surface area contributed by atoms with Crippen LogP contribution in [0.2, 0.25) is 0 Å². The van der Waals surface area contributed by atoms with Crippen molar-refractivity contribution in [1.29, 1.82) is 0 Å². The van der Waals surface area contributed by atoms with Crippen LogP contribution in [0, 0.1) is 0 Å². The molecule has 0 spiro atoms. The zero-order chi connectivity index (χ0) is 13.8. The van der Waals surface area contributed by atoms with Crippen molar-refractivity contribution in [1.82, 2.24) is 4.67 Å². The normalized spacial score (nSPS) is 31.1. The van der Waals surface area contributed by atoms with E-state index in [1.807, 2.05) is 30.7 Å². The maximum absolute atomic E-state index is 12.9. The lowest BCUT2D eigenvalue weighted by Gasteiger charge is -2.44. The Bertz CT molecular complexity index is 336. The van der Waals surface area contributed by atoms with Gasteiger partial charge in [-0.1, -0.05) is 12.2 Å². The van der Waals surface area contributed by atoms with Gasteiger partial charge < -0.3 is 9.26 Å². The van der Waals surface area contributed by atoms with Gasteiger partial charge in [-0.3, -0.25) is 4.57 Å². The lowest BCUT2D eigenvalue weighted by atomic mass is 10.1. The molecule has 0 bridgehead atoms. The fourth-order valence-corrected chi connectivity index (χ4v) is 4.72. The number of hydrogen-bond acceptors (Lipinski definition) is 3. The molecular weight excluding hydrogens is 249 g/mol. The van der Waals surface area contributed by atoms with Gasteiger partial charge in [0.1, 0.15) is 6.35 Å². The molecule has 0 amide bonds. The van der Waals surface area contributed by atoms with Gasteiger partial charge in [-0.05, 0) is 41.0 Å². The summed E-state index contributed by atoms with van der Waals surface area (Å²) >= 11 is 0. The number of hydrogen-bond donors (Lipinski definition) is 0. The van der Waals surface area contributed by atoms with Gasteiger partial charge in [-0.25, -0.2) is 4.67 Å². The van der Waals surface area contributed by atoms with Crippen LogP contribution in [-0.4, -0.2) is 35.8 Å². The first-order chi connectivity index (χ1) is 8.29. The molecule has 2 atom stereocenters. The van der Waals surface area contributed by atoms with Gasteiger partial charge >= 0.3 is 0 Å². The monoisotopic (exact) mass is 275 g/mol. The molecule has 1 aliphatic rings. The first-order valence-electron chi connectivity index (χ1n) is 6.54. The maximum atomic E-state index is 12.9. The van der Waals surface area contributed by atoms with E-state index in [2.05, 4.69) is 20.8 Å². The Morgan fingerprint density at radius 2 is 2.17 bits per heavy atom. The minimum Gasteiger partial charge on any atom is -0.366 e. The Hall–Kier alpha value is -0.150. The first-order valence-corrected chi connectivity index (χ1v) is 8.30. The van der Waals surface area contributed by atoms with Gasteiger partial charge in [0.2, 0.25) is 0 Å². The van der Waals surface area contributed by atoms with Crippen LogP contribution >= 0.6 is 7.52 Å². The van der Waals surface area contributed by atoms with E-state index in [-0.39, 0.29) is 18.0 Å². The molecular formula is C13H26NO3P. The second-order valence-electron chi connectivity index (χ2n) is 5.71. The van der Waals surface area contributed by atoms with Crippen molar-refractivity contribution in [2.45, 2.75) is 52.7 Å². The lowest BCUT2D eigenvalue weighted by Crippen LogP contribution is -2.45. The van der Waals surface area contributed by atoms with Crippen molar-refractivity contribution in [2.75, 3.05) is 19.5 Å². The van der Waals surface area contributed by atoms with Crippen LogP contribution in [-0.2, 0) is 13.8 Å². The van der Waals surface area contributed by atoms with Gasteiger partial charge in [-0.15, -0.1) is 0 Å². The highest BCUT2D eigenvalue weighted by Crippen LogP contribution is 2.57. The fraction of sp³-hybridized carbons (Fsp3) is 0.846. The van der Waals surface area contributed by atoms with Crippen molar-refractivity contribution in [3.63, 3.8) is 0 Å². The number of ether oxygens (including phenoxy) is 1. The van der Waals surface area contributed by atoms with E-state index in [0.717, 1.165) is 13.0 Å².